The van der Waals surface area contributed by atoms with E-state index in [1.807, 2.05) is 0 Å². The van der Waals surface area contributed by atoms with Crippen molar-refractivity contribution in [3.8, 4) is 12.3 Å². The van der Waals surface area contributed by atoms with E-state index < -0.39 is 0 Å². The number of hydrogen-bond donors (Lipinski definition) is 1. The number of nitrogens with one attached hydrogen (secondary N) is 1. The first-order chi connectivity index (χ1) is 7.24. The molecular formula is C11H18N2OS. The van der Waals surface area contributed by atoms with Crippen molar-refractivity contribution in [1.82, 2.24) is 10.2 Å². The number of terminal acetylenes is 1. The summed E-state index contributed by atoms with van der Waals surface area (Å²) in [7, 11) is 1.76. The van der Waals surface area contributed by atoms with Gasteiger partial charge in [-0.15, -0.1) is 18.2 Å². The summed E-state index contributed by atoms with van der Waals surface area (Å²) < 4.78 is 0. The summed E-state index contributed by atoms with van der Waals surface area (Å²) in [6, 6.07) is 0. The average molecular weight is 226 g/mol. The number of rotatable bonds is 4. The summed E-state index contributed by atoms with van der Waals surface area (Å²) in [5.41, 5.74) is 0. The summed E-state index contributed by atoms with van der Waals surface area (Å²) in [6.45, 7) is 2.56. The van der Waals surface area contributed by atoms with Crippen molar-refractivity contribution in [2.24, 2.45) is 0 Å². The number of amides is 1. The number of hydrogen-bond acceptors (Lipinski definition) is 3. The summed E-state index contributed by atoms with van der Waals surface area (Å²) >= 11 is 1.76. The van der Waals surface area contributed by atoms with Crippen molar-refractivity contribution in [2.45, 2.75) is 18.1 Å². The lowest BCUT2D eigenvalue weighted by atomic mass is 10.2. The van der Waals surface area contributed by atoms with Gasteiger partial charge in [0.2, 0.25) is 5.91 Å². The molecule has 1 N–H and O–H groups in total. The third-order valence-corrected chi connectivity index (χ3v) is 3.84. The van der Waals surface area contributed by atoms with E-state index in [-0.39, 0.29) is 5.91 Å². The Morgan fingerprint density at radius 3 is 2.87 bits per heavy atom. The van der Waals surface area contributed by atoms with Crippen molar-refractivity contribution in [1.29, 1.82) is 0 Å². The number of carbonyl (C=O) groups is 1. The van der Waals surface area contributed by atoms with Gasteiger partial charge in [0, 0.05) is 12.3 Å². The molecule has 0 saturated carbocycles. The highest BCUT2D eigenvalue weighted by Crippen LogP contribution is 2.20. The molecule has 1 saturated heterocycles. The average Bonchev–Trinajstić information content (AvgIpc) is 2.27. The SMILES string of the molecule is C#CCN(C)C(=O)CSC1CCNCC1. The molecule has 0 aromatic heterocycles. The van der Waals surface area contributed by atoms with Crippen LogP contribution in [0.4, 0.5) is 0 Å². The smallest absolute Gasteiger partial charge is 0.233 e. The Bertz CT molecular complexity index is 243. The van der Waals surface area contributed by atoms with Crippen LogP contribution in [0.25, 0.3) is 0 Å². The number of nitrogens with zero attached hydrogens (tertiary/aromatic N) is 1. The van der Waals surface area contributed by atoms with Gasteiger partial charge in [0.25, 0.3) is 0 Å². The van der Waals surface area contributed by atoms with Crippen LogP contribution in [0.1, 0.15) is 12.8 Å². The first-order valence-corrected chi connectivity index (χ1v) is 6.28. The summed E-state index contributed by atoms with van der Waals surface area (Å²) in [5, 5.41) is 3.94. The number of carbonyl (C=O) groups excluding carboxylic acids is 1. The van der Waals surface area contributed by atoms with Gasteiger partial charge in [-0.05, 0) is 25.9 Å². The third-order valence-electron chi connectivity index (χ3n) is 2.48. The first kappa shape index (κ1) is 12.4. The third kappa shape index (κ3) is 4.59. The highest BCUT2D eigenvalue weighted by Gasteiger charge is 2.16. The standard InChI is InChI=1S/C11H18N2OS/c1-3-8-13(2)11(14)9-15-10-4-6-12-7-5-10/h1,10,12H,4-9H2,2H3. The number of piperidine rings is 1. The van der Waals surface area contributed by atoms with Crippen LogP contribution >= 0.6 is 11.8 Å². The molecule has 0 aromatic rings. The Hall–Kier alpha value is -0.660. The highest BCUT2D eigenvalue weighted by molar-refractivity contribution is 8.00. The molecule has 0 spiro atoms. The molecule has 84 valence electrons. The van der Waals surface area contributed by atoms with Crippen molar-refractivity contribution in [3.63, 3.8) is 0 Å². The predicted molar refractivity (Wildman–Crippen MR) is 64.8 cm³/mol. The van der Waals surface area contributed by atoms with E-state index in [1.165, 1.54) is 0 Å². The van der Waals surface area contributed by atoms with E-state index in [1.54, 1.807) is 23.7 Å². The maximum Gasteiger partial charge on any atom is 0.233 e. The molecule has 1 rings (SSSR count). The van der Waals surface area contributed by atoms with Gasteiger partial charge in [-0.25, -0.2) is 0 Å². The minimum absolute atomic E-state index is 0.136. The molecule has 3 nitrogen and oxygen atoms in total. The zero-order valence-corrected chi connectivity index (χ0v) is 9.98. The second-order valence-electron chi connectivity index (χ2n) is 3.71. The largest absolute Gasteiger partial charge is 0.334 e. The molecule has 1 aliphatic rings. The Labute approximate surface area is 96.0 Å². The second kappa shape index (κ2) is 6.76. The van der Waals surface area contributed by atoms with Crippen LogP contribution in [0.2, 0.25) is 0 Å². The van der Waals surface area contributed by atoms with Crippen LogP contribution < -0.4 is 5.32 Å². The van der Waals surface area contributed by atoms with E-state index in [2.05, 4.69) is 11.2 Å². The van der Waals surface area contributed by atoms with Gasteiger partial charge in [0.15, 0.2) is 0 Å². The molecule has 0 bridgehead atoms. The summed E-state index contributed by atoms with van der Waals surface area (Å²) in [6.07, 6.45) is 7.47. The zero-order chi connectivity index (χ0) is 11.1. The molecule has 0 radical (unpaired) electrons. The lowest BCUT2D eigenvalue weighted by Gasteiger charge is -2.22. The van der Waals surface area contributed by atoms with Gasteiger partial charge in [-0.3, -0.25) is 4.79 Å². The molecule has 1 fully saturated rings. The van der Waals surface area contributed by atoms with E-state index in [0.29, 0.717) is 17.5 Å². The van der Waals surface area contributed by atoms with E-state index >= 15 is 0 Å². The molecule has 0 unspecified atom stereocenters. The van der Waals surface area contributed by atoms with Gasteiger partial charge in [0.05, 0.1) is 12.3 Å². The van der Waals surface area contributed by atoms with Gasteiger partial charge < -0.3 is 10.2 Å². The zero-order valence-electron chi connectivity index (χ0n) is 9.16. The number of thioether (sulfide) groups is 1. The van der Waals surface area contributed by atoms with Gasteiger partial charge in [-0.2, -0.15) is 0 Å². The molecule has 0 aromatic carbocycles. The van der Waals surface area contributed by atoms with Crippen LogP contribution in [0, 0.1) is 12.3 Å². The Morgan fingerprint density at radius 2 is 2.27 bits per heavy atom. The van der Waals surface area contributed by atoms with Crippen molar-refractivity contribution in [3.05, 3.63) is 0 Å². The minimum Gasteiger partial charge on any atom is -0.334 e. The monoisotopic (exact) mass is 226 g/mol. The highest BCUT2D eigenvalue weighted by atomic mass is 32.2. The quantitative estimate of drug-likeness (QED) is 0.711. The maximum absolute atomic E-state index is 11.6. The molecule has 0 atom stereocenters. The predicted octanol–water partition coefficient (Wildman–Crippen LogP) is 0.563. The van der Waals surface area contributed by atoms with Gasteiger partial charge >= 0.3 is 0 Å². The van der Waals surface area contributed by atoms with Gasteiger partial charge in [-0.1, -0.05) is 5.92 Å². The van der Waals surface area contributed by atoms with Crippen LogP contribution in [0.15, 0.2) is 0 Å². The van der Waals surface area contributed by atoms with Crippen LogP contribution in [-0.2, 0) is 4.79 Å². The van der Waals surface area contributed by atoms with Crippen molar-refractivity contribution >= 4 is 17.7 Å². The molecule has 0 aliphatic carbocycles. The maximum atomic E-state index is 11.6. The van der Waals surface area contributed by atoms with Gasteiger partial charge in [0.1, 0.15) is 0 Å². The fourth-order valence-corrected chi connectivity index (χ4v) is 2.65. The molecule has 15 heavy (non-hydrogen) atoms. The van der Waals surface area contributed by atoms with Crippen molar-refractivity contribution in [2.75, 3.05) is 32.4 Å². The lowest BCUT2D eigenvalue weighted by molar-refractivity contribution is -0.126. The topological polar surface area (TPSA) is 32.3 Å². The molecule has 1 heterocycles. The summed E-state index contributed by atoms with van der Waals surface area (Å²) in [5.74, 6) is 3.17. The molecule has 1 amide bonds. The normalized spacial score (nSPS) is 17.1. The lowest BCUT2D eigenvalue weighted by Crippen LogP contribution is -2.32. The fourth-order valence-electron chi connectivity index (χ4n) is 1.49. The van der Waals surface area contributed by atoms with Crippen LogP contribution in [0.3, 0.4) is 0 Å². The molecule has 1 aliphatic heterocycles. The Morgan fingerprint density at radius 1 is 1.60 bits per heavy atom. The minimum atomic E-state index is 0.136. The Kier molecular flexibility index (Phi) is 5.59. The van der Waals surface area contributed by atoms with E-state index in [4.69, 9.17) is 6.42 Å². The van der Waals surface area contributed by atoms with E-state index in [9.17, 15) is 4.79 Å². The Balaban J connectivity index is 2.18. The molecular weight excluding hydrogens is 208 g/mol. The first-order valence-electron chi connectivity index (χ1n) is 5.23. The molecule has 4 heteroatoms. The van der Waals surface area contributed by atoms with Crippen molar-refractivity contribution < 1.29 is 4.79 Å². The van der Waals surface area contributed by atoms with E-state index in [0.717, 1.165) is 25.9 Å². The van der Waals surface area contributed by atoms with Crippen LogP contribution in [0.5, 0.6) is 0 Å². The second-order valence-corrected chi connectivity index (χ2v) is 5.00. The summed E-state index contributed by atoms with van der Waals surface area (Å²) in [4.78, 5) is 13.2. The van der Waals surface area contributed by atoms with Crippen LogP contribution in [-0.4, -0.2) is 48.5 Å². The fraction of sp³-hybridized carbons (Fsp3) is 0.727.